The van der Waals surface area contributed by atoms with E-state index in [4.69, 9.17) is 0 Å². The molecular weight excluding hydrogens is 450 g/mol. The van der Waals surface area contributed by atoms with E-state index in [0.717, 1.165) is 22.0 Å². The predicted molar refractivity (Wildman–Crippen MR) is 144 cm³/mol. The fraction of sp³-hybridized carbons (Fsp3) is 0.367. The molecule has 1 N–H and O–H groups in total. The van der Waals surface area contributed by atoms with Gasteiger partial charge in [-0.3, -0.25) is 14.4 Å². The summed E-state index contributed by atoms with van der Waals surface area (Å²) in [5.74, 6) is -0.265. The summed E-state index contributed by atoms with van der Waals surface area (Å²) in [6.07, 6.45) is 1.45. The fourth-order valence-electron chi connectivity index (χ4n) is 4.78. The second kappa shape index (κ2) is 10.5. The van der Waals surface area contributed by atoms with Crippen molar-refractivity contribution in [3.8, 4) is 0 Å². The minimum Gasteiger partial charge on any atom is -0.350 e. The van der Waals surface area contributed by atoms with Crippen molar-refractivity contribution in [1.82, 2.24) is 10.2 Å². The molecule has 0 spiro atoms. The third-order valence-electron chi connectivity index (χ3n) is 6.57. The quantitative estimate of drug-likeness (QED) is 0.466. The van der Waals surface area contributed by atoms with Crippen molar-refractivity contribution in [2.24, 2.45) is 0 Å². The van der Waals surface area contributed by atoms with Crippen molar-refractivity contribution < 1.29 is 14.4 Å². The molecule has 4 rings (SSSR count). The molecule has 0 unspecified atom stereocenters. The van der Waals surface area contributed by atoms with Crippen molar-refractivity contribution >= 4 is 34.2 Å². The molecule has 1 atom stereocenters. The predicted octanol–water partition coefficient (Wildman–Crippen LogP) is 4.95. The van der Waals surface area contributed by atoms with Crippen molar-refractivity contribution in [3.63, 3.8) is 0 Å². The maximum Gasteiger partial charge on any atom is 0.258 e. The molecular formula is C30H35N3O3. The lowest BCUT2D eigenvalue weighted by molar-refractivity contribution is -0.140. The summed E-state index contributed by atoms with van der Waals surface area (Å²) >= 11 is 0. The zero-order valence-electron chi connectivity index (χ0n) is 21.6. The maximum absolute atomic E-state index is 13.4. The first-order chi connectivity index (χ1) is 17.2. The van der Waals surface area contributed by atoms with E-state index in [1.165, 1.54) is 0 Å². The number of hydrogen-bond acceptors (Lipinski definition) is 3. The van der Waals surface area contributed by atoms with Gasteiger partial charge in [-0.1, -0.05) is 54.6 Å². The largest absolute Gasteiger partial charge is 0.350 e. The third kappa shape index (κ3) is 5.59. The molecule has 3 aromatic rings. The number of carbonyl (C=O) groups is 3. The molecule has 3 aromatic carbocycles. The van der Waals surface area contributed by atoms with Gasteiger partial charge in [-0.2, -0.15) is 0 Å². The number of anilines is 1. The molecule has 188 valence electrons. The Morgan fingerprint density at radius 2 is 1.67 bits per heavy atom. The highest BCUT2D eigenvalue weighted by Gasteiger charge is 2.31. The van der Waals surface area contributed by atoms with E-state index in [-0.39, 0.29) is 29.7 Å². The lowest BCUT2D eigenvalue weighted by Crippen LogP contribution is -2.53. The van der Waals surface area contributed by atoms with Crippen LogP contribution in [0.2, 0.25) is 0 Å². The Bertz CT molecular complexity index is 1260. The Hall–Kier alpha value is -3.67. The first-order valence-corrected chi connectivity index (χ1v) is 12.6. The van der Waals surface area contributed by atoms with Gasteiger partial charge in [-0.15, -0.1) is 0 Å². The van der Waals surface area contributed by atoms with Crippen LogP contribution in [0.25, 0.3) is 10.8 Å². The monoisotopic (exact) mass is 485 g/mol. The van der Waals surface area contributed by atoms with E-state index in [1.54, 1.807) is 16.7 Å². The van der Waals surface area contributed by atoms with Gasteiger partial charge in [0.1, 0.15) is 6.04 Å². The summed E-state index contributed by atoms with van der Waals surface area (Å²) in [5, 5.41) is 5.02. The standard InChI is InChI=1S/C30H35N3O3/c1-21(28(35)31-30(2,3)4)32(20-18-22-11-6-5-7-12-22)26(34)17-10-19-33-25-16-9-14-23-13-8-15-24(27(23)25)29(33)36/h5-9,11-16,21H,10,17-20H2,1-4H3,(H,31,35)/t21-/m0/s1. The first-order valence-electron chi connectivity index (χ1n) is 12.6. The van der Waals surface area contributed by atoms with Crippen LogP contribution in [-0.2, 0) is 16.0 Å². The number of rotatable bonds is 9. The summed E-state index contributed by atoms with van der Waals surface area (Å²) in [4.78, 5) is 42.8. The molecule has 0 aliphatic carbocycles. The second-order valence-corrected chi connectivity index (χ2v) is 10.5. The Kier molecular flexibility index (Phi) is 7.43. The molecule has 6 heteroatoms. The first kappa shape index (κ1) is 25.4. The number of benzene rings is 3. The van der Waals surface area contributed by atoms with E-state index >= 15 is 0 Å². The van der Waals surface area contributed by atoms with Crippen LogP contribution < -0.4 is 10.2 Å². The average molecular weight is 486 g/mol. The van der Waals surface area contributed by atoms with Gasteiger partial charge in [0.15, 0.2) is 0 Å². The summed E-state index contributed by atoms with van der Waals surface area (Å²) in [7, 11) is 0. The molecule has 0 fully saturated rings. The van der Waals surface area contributed by atoms with E-state index in [9.17, 15) is 14.4 Å². The number of amides is 3. The normalized spacial score (nSPS) is 13.7. The van der Waals surface area contributed by atoms with E-state index in [1.807, 2.05) is 87.5 Å². The molecule has 0 aromatic heterocycles. The summed E-state index contributed by atoms with van der Waals surface area (Å²) in [6.45, 7) is 8.48. The summed E-state index contributed by atoms with van der Waals surface area (Å²) in [5.41, 5.74) is 2.35. The molecule has 0 bridgehead atoms. The van der Waals surface area contributed by atoms with Crippen molar-refractivity contribution in [2.45, 2.75) is 58.5 Å². The van der Waals surface area contributed by atoms with Crippen molar-refractivity contribution in [1.29, 1.82) is 0 Å². The van der Waals surface area contributed by atoms with Gasteiger partial charge in [0.2, 0.25) is 11.8 Å². The van der Waals surface area contributed by atoms with Crippen LogP contribution in [0.1, 0.15) is 56.5 Å². The lowest BCUT2D eigenvalue weighted by atomic mass is 10.1. The minimum absolute atomic E-state index is 0.0203. The second-order valence-electron chi connectivity index (χ2n) is 10.5. The highest BCUT2D eigenvalue weighted by Crippen LogP contribution is 2.37. The Balaban J connectivity index is 1.43. The molecule has 6 nitrogen and oxygen atoms in total. The highest BCUT2D eigenvalue weighted by molar-refractivity contribution is 6.25. The highest BCUT2D eigenvalue weighted by atomic mass is 16.2. The van der Waals surface area contributed by atoms with Gasteiger partial charge in [0.05, 0.1) is 5.69 Å². The maximum atomic E-state index is 13.4. The molecule has 36 heavy (non-hydrogen) atoms. The van der Waals surface area contributed by atoms with Crippen LogP contribution in [0.15, 0.2) is 66.7 Å². The Morgan fingerprint density at radius 1 is 0.972 bits per heavy atom. The van der Waals surface area contributed by atoms with Gasteiger partial charge in [0, 0.05) is 36.0 Å². The Labute approximate surface area is 213 Å². The molecule has 0 saturated carbocycles. The van der Waals surface area contributed by atoms with Gasteiger partial charge < -0.3 is 15.1 Å². The minimum atomic E-state index is -0.591. The molecule has 1 aliphatic rings. The zero-order valence-corrected chi connectivity index (χ0v) is 21.6. The number of nitrogens with one attached hydrogen (secondary N) is 1. The van der Waals surface area contributed by atoms with Gasteiger partial charge in [-0.05, 0) is 63.6 Å². The fourth-order valence-corrected chi connectivity index (χ4v) is 4.78. The van der Waals surface area contributed by atoms with Crippen molar-refractivity contribution in [2.75, 3.05) is 18.0 Å². The van der Waals surface area contributed by atoms with Gasteiger partial charge >= 0.3 is 0 Å². The molecule has 3 amide bonds. The van der Waals surface area contributed by atoms with Gasteiger partial charge in [0.25, 0.3) is 5.91 Å². The van der Waals surface area contributed by atoms with Crippen LogP contribution in [0, 0.1) is 0 Å². The summed E-state index contributed by atoms with van der Waals surface area (Å²) < 4.78 is 0. The van der Waals surface area contributed by atoms with Crippen LogP contribution in [-0.4, -0.2) is 47.3 Å². The van der Waals surface area contributed by atoms with Gasteiger partial charge in [-0.25, -0.2) is 0 Å². The number of hydrogen-bond donors (Lipinski definition) is 1. The third-order valence-corrected chi connectivity index (χ3v) is 6.57. The van der Waals surface area contributed by atoms with Crippen LogP contribution in [0.5, 0.6) is 0 Å². The summed E-state index contributed by atoms with van der Waals surface area (Å²) in [6, 6.07) is 21.1. The van der Waals surface area contributed by atoms with Crippen LogP contribution in [0.4, 0.5) is 5.69 Å². The van der Waals surface area contributed by atoms with E-state index in [2.05, 4.69) is 5.32 Å². The average Bonchev–Trinajstić information content (AvgIpc) is 3.12. The number of nitrogens with zero attached hydrogens (tertiary/aromatic N) is 2. The SMILES string of the molecule is C[C@@H](C(=O)NC(C)(C)C)N(CCc1ccccc1)C(=O)CCCN1C(=O)c2cccc3cccc1c23. The zero-order chi connectivity index (χ0) is 25.9. The number of carbonyl (C=O) groups excluding carboxylic acids is 3. The lowest BCUT2D eigenvalue weighted by Gasteiger charge is -2.31. The molecule has 1 aliphatic heterocycles. The molecule has 0 radical (unpaired) electrons. The van der Waals surface area contributed by atoms with E-state index in [0.29, 0.717) is 31.5 Å². The van der Waals surface area contributed by atoms with Crippen LogP contribution >= 0.6 is 0 Å². The molecule has 1 heterocycles. The Morgan fingerprint density at radius 3 is 2.36 bits per heavy atom. The van der Waals surface area contributed by atoms with Crippen molar-refractivity contribution in [3.05, 3.63) is 77.9 Å². The topological polar surface area (TPSA) is 69.7 Å². The van der Waals surface area contributed by atoms with Crippen LogP contribution in [0.3, 0.4) is 0 Å². The van der Waals surface area contributed by atoms with E-state index < -0.39 is 6.04 Å². The smallest absolute Gasteiger partial charge is 0.258 e. The molecule has 0 saturated heterocycles.